The van der Waals surface area contributed by atoms with Crippen molar-refractivity contribution in [3.05, 3.63) is 69.6 Å². The van der Waals surface area contributed by atoms with Gasteiger partial charge in [0.15, 0.2) is 11.7 Å². The van der Waals surface area contributed by atoms with Crippen molar-refractivity contribution in [3.8, 4) is 0 Å². The van der Waals surface area contributed by atoms with Crippen LogP contribution in [0, 0.1) is 0 Å². The van der Waals surface area contributed by atoms with E-state index in [1.54, 1.807) is 36.4 Å². The Morgan fingerprint density at radius 3 is 2.56 bits per heavy atom. The summed E-state index contributed by atoms with van der Waals surface area (Å²) in [7, 11) is 0. The third-order valence-electron chi connectivity index (χ3n) is 5.79. The molecule has 2 heterocycles. The lowest BCUT2D eigenvalue weighted by Crippen LogP contribution is -2.45. The molecular formula is C23H24ClN5O4S. The molecule has 0 spiro atoms. The zero-order chi connectivity index (χ0) is 24.2. The standard InChI is InChI=1S/C23H24ClN5O4S/c24-15-9-4-1-6-13(15)12-29(23(32)20-17(25)18(21(26)30)28-34-20)19(16-10-5-11-33-16)22(31)27-14-7-2-3-8-14/h1,4-6,9-11,14,19H,2-3,7-8,12,25H2,(H2,26,30)(H,27,31)/t19-/m1/s1. The van der Waals surface area contributed by atoms with Crippen LogP contribution in [0.3, 0.4) is 0 Å². The third-order valence-corrected chi connectivity index (χ3v) is 7.01. The SMILES string of the molecule is NC(=O)c1nsc(C(=O)N(Cc2ccccc2Cl)[C@@H](C(=O)NC2CCCC2)c2ccco2)c1N. The van der Waals surface area contributed by atoms with E-state index in [9.17, 15) is 14.4 Å². The van der Waals surface area contributed by atoms with Gasteiger partial charge >= 0.3 is 0 Å². The van der Waals surface area contributed by atoms with Crippen LogP contribution in [-0.2, 0) is 11.3 Å². The van der Waals surface area contributed by atoms with E-state index in [4.69, 9.17) is 27.5 Å². The van der Waals surface area contributed by atoms with Crippen molar-refractivity contribution in [3.63, 3.8) is 0 Å². The first-order chi connectivity index (χ1) is 16.4. The second-order valence-electron chi connectivity index (χ2n) is 8.07. The minimum atomic E-state index is -1.10. The molecule has 0 saturated heterocycles. The molecule has 4 rings (SSSR count). The average Bonchev–Trinajstić information content (AvgIpc) is 3.57. The van der Waals surface area contributed by atoms with Crippen LogP contribution in [0.25, 0.3) is 0 Å². The Kier molecular flexibility index (Phi) is 7.18. The molecule has 11 heteroatoms. The number of anilines is 1. The van der Waals surface area contributed by atoms with Crippen molar-refractivity contribution < 1.29 is 18.8 Å². The molecule has 1 saturated carbocycles. The monoisotopic (exact) mass is 501 g/mol. The molecule has 3 amide bonds. The van der Waals surface area contributed by atoms with E-state index in [2.05, 4.69) is 9.69 Å². The van der Waals surface area contributed by atoms with Crippen molar-refractivity contribution in [2.24, 2.45) is 5.73 Å². The van der Waals surface area contributed by atoms with E-state index >= 15 is 0 Å². The van der Waals surface area contributed by atoms with E-state index in [-0.39, 0.29) is 40.5 Å². The number of nitrogen functional groups attached to an aromatic ring is 1. The number of halogens is 1. The lowest BCUT2D eigenvalue weighted by Gasteiger charge is -2.30. The number of nitrogens with one attached hydrogen (secondary N) is 1. The highest BCUT2D eigenvalue weighted by molar-refractivity contribution is 7.09. The largest absolute Gasteiger partial charge is 0.467 e. The van der Waals surface area contributed by atoms with Gasteiger partial charge < -0.3 is 26.1 Å². The lowest BCUT2D eigenvalue weighted by molar-refractivity contribution is -0.127. The number of primary amides is 1. The molecule has 1 aliphatic carbocycles. The van der Waals surface area contributed by atoms with Gasteiger partial charge in [0.2, 0.25) is 0 Å². The number of amides is 3. The maximum absolute atomic E-state index is 13.8. The Morgan fingerprint density at radius 2 is 1.94 bits per heavy atom. The predicted molar refractivity (Wildman–Crippen MR) is 128 cm³/mol. The van der Waals surface area contributed by atoms with Crippen LogP contribution in [0.1, 0.15) is 63.2 Å². The van der Waals surface area contributed by atoms with Gasteiger partial charge in [0.1, 0.15) is 10.6 Å². The summed E-state index contributed by atoms with van der Waals surface area (Å²) in [6.07, 6.45) is 5.26. The molecule has 2 aromatic heterocycles. The summed E-state index contributed by atoms with van der Waals surface area (Å²) in [6, 6.07) is 9.24. The number of carbonyl (C=O) groups excluding carboxylic acids is 3. The second-order valence-corrected chi connectivity index (χ2v) is 9.25. The number of hydrogen-bond donors (Lipinski definition) is 3. The van der Waals surface area contributed by atoms with Gasteiger partial charge in [-0.1, -0.05) is 42.6 Å². The lowest BCUT2D eigenvalue weighted by atomic mass is 10.1. The number of hydrogen-bond acceptors (Lipinski definition) is 7. The number of nitrogens with zero attached hydrogens (tertiary/aromatic N) is 2. The number of rotatable bonds is 8. The Labute approximate surface area is 205 Å². The van der Waals surface area contributed by atoms with Crippen LogP contribution < -0.4 is 16.8 Å². The fraction of sp³-hybridized carbons (Fsp3) is 0.304. The molecule has 0 bridgehead atoms. The number of aromatic nitrogens is 1. The van der Waals surface area contributed by atoms with E-state index in [0.717, 1.165) is 37.2 Å². The van der Waals surface area contributed by atoms with Gasteiger partial charge in [0, 0.05) is 17.6 Å². The minimum Gasteiger partial charge on any atom is -0.467 e. The molecule has 1 aromatic carbocycles. The smallest absolute Gasteiger partial charge is 0.270 e. The van der Waals surface area contributed by atoms with E-state index in [1.807, 2.05) is 0 Å². The summed E-state index contributed by atoms with van der Waals surface area (Å²) in [6.45, 7) is -0.00873. The minimum absolute atomic E-state index is 0.00563. The summed E-state index contributed by atoms with van der Waals surface area (Å²) >= 11 is 7.14. The number of nitrogens with two attached hydrogens (primary N) is 2. The zero-order valence-electron chi connectivity index (χ0n) is 18.2. The predicted octanol–water partition coefficient (Wildman–Crippen LogP) is 3.51. The fourth-order valence-corrected chi connectivity index (χ4v) is 5.03. The van der Waals surface area contributed by atoms with Crippen LogP contribution in [0.5, 0.6) is 0 Å². The first kappa shape index (κ1) is 23.8. The molecule has 1 atom stereocenters. The van der Waals surface area contributed by atoms with Gasteiger partial charge in [-0.15, -0.1) is 0 Å². The third kappa shape index (κ3) is 4.92. The van der Waals surface area contributed by atoms with Crippen molar-refractivity contribution in [2.45, 2.75) is 44.3 Å². The molecule has 0 aliphatic heterocycles. The fourth-order valence-electron chi connectivity index (χ4n) is 4.07. The van der Waals surface area contributed by atoms with Gasteiger partial charge in [0.25, 0.3) is 17.7 Å². The number of carbonyl (C=O) groups is 3. The molecule has 1 fully saturated rings. The summed E-state index contributed by atoms with van der Waals surface area (Å²) in [5, 5.41) is 3.48. The van der Waals surface area contributed by atoms with Crippen molar-refractivity contribution in [1.82, 2.24) is 14.6 Å². The Bertz CT molecular complexity index is 1190. The average molecular weight is 502 g/mol. The van der Waals surface area contributed by atoms with Crippen molar-refractivity contribution >= 4 is 46.5 Å². The quantitative estimate of drug-likeness (QED) is 0.430. The maximum Gasteiger partial charge on any atom is 0.270 e. The number of furan rings is 1. The molecule has 0 unspecified atom stereocenters. The molecule has 178 valence electrons. The Balaban J connectivity index is 1.77. The molecule has 1 aliphatic rings. The van der Waals surface area contributed by atoms with Gasteiger partial charge in [0.05, 0.1) is 12.0 Å². The molecular weight excluding hydrogens is 478 g/mol. The van der Waals surface area contributed by atoms with Gasteiger partial charge in [-0.05, 0) is 48.1 Å². The van der Waals surface area contributed by atoms with Crippen LogP contribution in [0.4, 0.5) is 5.69 Å². The van der Waals surface area contributed by atoms with E-state index in [0.29, 0.717) is 10.6 Å². The Hall–Kier alpha value is -3.37. The van der Waals surface area contributed by atoms with E-state index in [1.165, 1.54) is 11.2 Å². The molecule has 9 nitrogen and oxygen atoms in total. The van der Waals surface area contributed by atoms with E-state index < -0.39 is 17.9 Å². The van der Waals surface area contributed by atoms with Gasteiger partial charge in [-0.2, -0.15) is 4.37 Å². The topological polar surface area (TPSA) is 145 Å². The Morgan fingerprint density at radius 1 is 1.21 bits per heavy atom. The highest BCUT2D eigenvalue weighted by atomic mass is 35.5. The van der Waals surface area contributed by atoms with Crippen molar-refractivity contribution in [2.75, 3.05) is 5.73 Å². The van der Waals surface area contributed by atoms with Crippen LogP contribution >= 0.6 is 23.1 Å². The first-order valence-corrected chi connectivity index (χ1v) is 11.9. The van der Waals surface area contributed by atoms with Crippen LogP contribution in [-0.4, -0.2) is 33.0 Å². The van der Waals surface area contributed by atoms with Gasteiger partial charge in [-0.3, -0.25) is 14.4 Å². The number of benzene rings is 1. The highest BCUT2D eigenvalue weighted by Gasteiger charge is 2.37. The molecule has 34 heavy (non-hydrogen) atoms. The van der Waals surface area contributed by atoms with Crippen LogP contribution in [0.2, 0.25) is 5.02 Å². The summed E-state index contributed by atoms with van der Waals surface area (Å²) in [4.78, 5) is 40.3. The highest BCUT2D eigenvalue weighted by Crippen LogP contribution is 2.32. The van der Waals surface area contributed by atoms with Gasteiger partial charge in [-0.25, -0.2) is 0 Å². The summed E-state index contributed by atoms with van der Waals surface area (Å²) < 4.78 is 9.52. The normalized spacial score (nSPS) is 14.6. The summed E-state index contributed by atoms with van der Waals surface area (Å²) in [5.74, 6) is -1.52. The molecule has 0 radical (unpaired) electrons. The second kappa shape index (κ2) is 10.3. The molecule has 3 aromatic rings. The van der Waals surface area contributed by atoms with Crippen molar-refractivity contribution in [1.29, 1.82) is 0 Å². The van der Waals surface area contributed by atoms with Crippen LogP contribution in [0.15, 0.2) is 47.1 Å². The first-order valence-electron chi connectivity index (χ1n) is 10.8. The zero-order valence-corrected chi connectivity index (χ0v) is 19.8. The summed E-state index contributed by atoms with van der Waals surface area (Å²) in [5.41, 5.74) is 11.7. The molecule has 5 N–H and O–H groups in total. The maximum atomic E-state index is 13.8.